The molecule has 0 radical (unpaired) electrons. The van der Waals surface area contributed by atoms with Crippen LogP contribution in [0.2, 0.25) is 0 Å². The normalized spacial score (nSPS) is 38.2. The van der Waals surface area contributed by atoms with E-state index in [0.717, 1.165) is 25.7 Å². The molecular weight excluding hydrogens is 220 g/mol. The third-order valence-electron chi connectivity index (χ3n) is 4.71. The van der Waals surface area contributed by atoms with Crippen molar-refractivity contribution in [3.05, 3.63) is 11.1 Å². The van der Waals surface area contributed by atoms with Crippen LogP contribution in [0, 0.1) is 23.7 Å². The van der Waals surface area contributed by atoms with E-state index in [4.69, 9.17) is 0 Å². The largest absolute Gasteiger partial charge is 0.545 e. The lowest BCUT2D eigenvalue weighted by atomic mass is 9.53. The van der Waals surface area contributed by atoms with Gasteiger partial charge in [0, 0.05) is 5.57 Å². The molecule has 4 nitrogen and oxygen atoms in total. The Labute approximate surface area is 99.3 Å². The quantitative estimate of drug-likeness (QED) is 0.357. The van der Waals surface area contributed by atoms with E-state index in [1.807, 2.05) is 0 Å². The fourth-order valence-corrected chi connectivity index (χ4v) is 4.42. The molecule has 4 rings (SSSR count). The van der Waals surface area contributed by atoms with Crippen LogP contribution in [-0.2, 0) is 9.59 Å². The van der Waals surface area contributed by atoms with Gasteiger partial charge in [-0.05, 0) is 55.8 Å². The monoisotopic (exact) mass is 234 g/mol. The van der Waals surface area contributed by atoms with Gasteiger partial charge in [0.1, 0.15) is 0 Å². The standard InChI is InChI=1S/C13H16O4/c14-12(15)11(13(16)17)10-8-2-6-1-7(4-8)5-9(10)3-6/h6-9H,1-5H2,(H,14,15)(H,16,17)/p-2. The molecule has 0 spiro atoms. The van der Waals surface area contributed by atoms with Crippen LogP contribution in [0.25, 0.3) is 0 Å². The zero-order chi connectivity index (χ0) is 12.2. The molecule has 4 fully saturated rings. The topological polar surface area (TPSA) is 80.3 Å². The zero-order valence-electron chi connectivity index (χ0n) is 9.48. The highest BCUT2D eigenvalue weighted by Crippen LogP contribution is 2.56. The van der Waals surface area contributed by atoms with Crippen molar-refractivity contribution >= 4 is 11.9 Å². The highest BCUT2D eigenvalue weighted by Gasteiger charge is 2.46. The molecule has 4 bridgehead atoms. The van der Waals surface area contributed by atoms with Gasteiger partial charge in [0.2, 0.25) is 0 Å². The van der Waals surface area contributed by atoms with Gasteiger partial charge in [0.05, 0.1) is 11.9 Å². The average Bonchev–Trinajstić information content (AvgIpc) is 2.20. The summed E-state index contributed by atoms with van der Waals surface area (Å²) in [5.41, 5.74) is 0.0657. The molecule has 0 aromatic carbocycles. The van der Waals surface area contributed by atoms with E-state index in [1.54, 1.807) is 0 Å². The second-order valence-electron chi connectivity index (χ2n) is 5.71. The second-order valence-corrected chi connectivity index (χ2v) is 5.71. The number of aliphatic carboxylic acids is 2. The van der Waals surface area contributed by atoms with Crippen LogP contribution in [0.4, 0.5) is 0 Å². The molecule has 0 aromatic heterocycles. The Morgan fingerprint density at radius 3 is 1.59 bits per heavy atom. The molecule has 0 saturated heterocycles. The number of hydrogen-bond acceptors (Lipinski definition) is 4. The summed E-state index contributed by atoms with van der Waals surface area (Å²) in [6.07, 6.45) is 5.05. The molecule has 0 aromatic rings. The average molecular weight is 234 g/mol. The summed E-state index contributed by atoms with van der Waals surface area (Å²) >= 11 is 0. The van der Waals surface area contributed by atoms with E-state index >= 15 is 0 Å². The molecule has 4 saturated carbocycles. The van der Waals surface area contributed by atoms with Gasteiger partial charge in [-0.25, -0.2) is 0 Å². The minimum absolute atomic E-state index is 0.150. The van der Waals surface area contributed by atoms with Crippen LogP contribution < -0.4 is 10.2 Å². The Morgan fingerprint density at radius 1 is 0.824 bits per heavy atom. The maximum atomic E-state index is 11.0. The highest BCUT2D eigenvalue weighted by atomic mass is 16.4. The van der Waals surface area contributed by atoms with Crippen LogP contribution in [-0.4, -0.2) is 11.9 Å². The van der Waals surface area contributed by atoms with Gasteiger partial charge >= 0.3 is 0 Å². The minimum atomic E-state index is -1.58. The third-order valence-corrected chi connectivity index (χ3v) is 4.71. The molecule has 4 aliphatic rings. The van der Waals surface area contributed by atoms with Crippen molar-refractivity contribution in [1.29, 1.82) is 0 Å². The van der Waals surface area contributed by atoms with Crippen LogP contribution in [0.3, 0.4) is 0 Å². The van der Waals surface area contributed by atoms with E-state index < -0.39 is 17.5 Å². The van der Waals surface area contributed by atoms with Crippen molar-refractivity contribution < 1.29 is 19.8 Å². The molecule has 17 heavy (non-hydrogen) atoms. The van der Waals surface area contributed by atoms with E-state index in [2.05, 4.69) is 0 Å². The Morgan fingerprint density at radius 2 is 1.24 bits per heavy atom. The first-order valence-electron chi connectivity index (χ1n) is 6.23. The predicted octanol–water partition coefficient (Wildman–Crippen LogP) is -0.761. The van der Waals surface area contributed by atoms with Crippen molar-refractivity contribution in [1.82, 2.24) is 0 Å². The summed E-state index contributed by atoms with van der Waals surface area (Å²) in [4.78, 5) is 21.9. The molecular formula is C13H14O4-2. The SMILES string of the molecule is O=C([O-])C(C(=O)[O-])=C1C2CC3CC(C2)CC1C3. The van der Waals surface area contributed by atoms with Gasteiger partial charge in [-0.3, -0.25) is 0 Å². The Balaban J connectivity index is 2.05. The molecule has 0 N–H and O–H groups in total. The van der Waals surface area contributed by atoms with Crippen LogP contribution in [0.15, 0.2) is 11.1 Å². The lowest BCUT2D eigenvalue weighted by molar-refractivity contribution is -0.312. The summed E-state index contributed by atoms with van der Waals surface area (Å²) < 4.78 is 0. The van der Waals surface area contributed by atoms with E-state index in [0.29, 0.717) is 17.4 Å². The van der Waals surface area contributed by atoms with Gasteiger partial charge in [-0.1, -0.05) is 5.57 Å². The number of hydrogen-bond donors (Lipinski definition) is 0. The zero-order valence-corrected chi connectivity index (χ0v) is 9.48. The fourth-order valence-electron chi connectivity index (χ4n) is 4.42. The van der Waals surface area contributed by atoms with E-state index in [1.165, 1.54) is 6.42 Å². The summed E-state index contributed by atoms with van der Waals surface area (Å²) in [6.45, 7) is 0. The molecule has 0 amide bonds. The van der Waals surface area contributed by atoms with Gasteiger partial charge in [0.25, 0.3) is 0 Å². The Hall–Kier alpha value is -1.32. The molecule has 0 atom stereocenters. The maximum absolute atomic E-state index is 11.0. The van der Waals surface area contributed by atoms with Crippen LogP contribution in [0.1, 0.15) is 32.1 Å². The summed E-state index contributed by atoms with van der Waals surface area (Å²) in [5, 5.41) is 21.9. The second kappa shape index (κ2) is 3.59. The number of carboxylic acids is 2. The summed E-state index contributed by atoms with van der Waals surface area (Å²) in [6, 6.07) is 0. The highest BCUT2D eigenvalue weighted by molar-refractivity contribution is 6.11. The van der Waals surface area contributed by atoms with Gasteiger partial charge in [-0.2, -0.15) is 0 Å². The van der Waals surface area contributed by atoms with E-state index in [9.17, 15) is 19.8 Å². The first-order valence-corrected chi connectivity index (χ1v) is 6.23. The van der Waals surface area contributed by atoms with Crippen molar-refractivity contribution in [2.45, 2.75) is 32.1 Å². The first-order chi connectivity index (χ1) is 8.06. The van der Waals surface area contributed by atoms with Crippen LogP contribution in [0.5, 0.6) is 0 Å². The lowest BCUT2D eigenvalue weighted by Crippen LogP contribution is -2.45. The number of allylic oxidation sites excluding steroid dienone is 1. The van der Waals surface area contributed by atoms with Gasteiger partial charge in [0.15, 0.2) is 0 Å². The van der Waals surface area contributed by atoms with E-state index in [-0.39, 0.29) is 11.8 Å². The molecule has 0 aliphatic heterocycles. The molecule has 92 valence electrons. The Bertz CT molecular complexity index is 375. The molecule has 4 aliphatic carbocycles. The van der Waals surface area contributed by atoms with Crippen molar-refractivity contribution in [3.63, 3.8) is 0 Å². The van der Waals surface area contributed by atoms with Crippen molar-refractivity contribution in [2.75, 3.05) is 0 Å². The third kappa shape index (κ3) is 1.58. The Kier molecular flexibility index (Phi) is 2.28. The number of rotatable bonds is 2. The van der Waals surface area contributed by atoms with Gasteiger partial charge in [-0.15, -0.1) is 0 Å². The predicted molar refractivity (Wildman–Crippen MR) is 54.1 cm³/mol. The molecule has 0 unspecified atom stereocenters. The fraction of sp³-hybridized carbons (Fsp3) is 0.692. The van der Waals surface area contributed by atoms with Crippen molar-refractivity contribution in [3.8, 4) is 0 Å². The number of carbonyl (C=O) groups excluding carboxylic acids is 2. The lowest BCUT2D eigenvalue weighted by Gasteiger charge is -2.52. The minimum Gasteiger partial charge on any atom is -0.545 e. The maximum Gasteiger partial charge on any atom is 0.0733 e. The number of carboxylic acid groups (broad SMARTS) is 2. The summed E-state index contributed by atoms with van der Waals surface area (Å²) in [7, 11) is 0. The van der Waals surface area contributed by atoms with Crippen molar-refractivity contribution in [2.24, 2.45) is 23.7 Å². The number of carbonyl (C=O) groups is 2. The summed E-state index contributed by atoms with van der Waals surface area (Å²) in [5.74, 6) is -1.51. The van der Waals surface area contributed by atoms with Crippen LogP contribution >= 0.6 is 0 Å². The first kappa shape index (κ1) is 10.8. The van der Waals surface area contributed by atoms with Gasteiger partial charge < -0.3 is 19.8 Å². The molecule has 0 heterocycles. The molecule has 4 heteroatoms. The smallest absolute Gasteiger partial charge is 0.0733 e.